The maximum Gasteiger partial charge on any atom is 0.267 e. The third-order valence-corrected chi connectivity index (χ3v) is 6.29. The smallest absolute Gasteiger partial charge is 0.267 e. The molecular formula is C21H23N3O6S. The number of nitrogens with one attached hydrogen (secondary N) is 1. The van der Waals surface area contributed by atoms with Crippen LogP contribution in [0, 0.1) is 0 Å². The van der Waals surface area contributed by atoms with Gasteiger partial charge in [0.15, 0.2) is 6.10 Å². The molecule has 2 heterocycles. The number of fused-ring (bicyclic) bond motifs is 1. The molecule has 2 aromatic carbocycles. The SMILES string of the molecule is CS(=O)(=O)N1CC(C(=O)Nc2ccccc2C(=O)N2CCOCC2)Oc2ccccc21. The number of carbonyl (C=O) groups is 2. The van der Waals surface area contributed by atoms with E-state index in [-0.39, 0.29) is 12.5 Å². The monoisotopic (exact) mass is 445 g/mol. The maximum atomic E-state index is 13.0. The van der Waals surface area contributed by atoms with E-state index in [1.807, 2.05) is 0 Å². The van der Waals surface area contributed by atoms with Crippen LogP contribution >= 0.6 is 0 Å². The number of hydrogen-bond donors (Lipinski definition) is 1. The summed E-state index contributed by atoms with van der Waals surface area (Å²) in [6, 6.07) is 13.4. The molecule has 1 fully saturated rings. The van der Waals surface area contributed by atoms with Crippen LogP contribution in [0.15, 0.2) is 48.5 Å². The lowest BCUT2D eigenvalue weighted by Crippen LogP contribution is -2.48. The van der Waals surface area contributed by atoms with Crippen molar-refractivity contribution in [3.8, 4) is 5.75 Å². The molecule has 0 spiro atoms. The van der Waals surface area contributed by atoms with Gasteiger partial charge in [-0.2, -0.15) is 0 Å². The molecule has 0 aliphatic carbocycles. The first kappa shape index (κ1) is 21.1. The van der Waals surface area contributed by atoms with Gasteiger partial charge >= 0.3 is 0 Å². The predicted octanol–water partition coefficient (Wildman–Crippen LogP) is 1.32. The largest absolute Gasteiger partial charge is 0.476 e. The fourth-order valence-electron chi connectivity index (χ4n) is 3.58. The van der Waals surface area contributed by atoms with Gasteiger partial charge in [-0.25, -0.2) is 8.42 Å². The first-order valence-corrected chi connectivity index (χ1v) is 11.7. The zero-order valence-corrected chi connectivity index (χ0v) is 17.8. The highest BCUT2D eigenvalue weighted by atomic mass is 32.2. The second-order valence-corrected chi connectivity index (χ2v) is 9.21. The van der Waals surface area contributed by atoms with Crippen molar-refractivity contribution >= 4 is 33.2 Å². The van der Waals surface area contributed by atoms with Crippen molar-refractivity contribution in [3.63, 3.8) is 0 Å². The van der Waals surface area contributed by atoms with Crippen LogP contribution in [0.4, 0.5) is 11.4 Å². The molecule has 9 nitrogen and oxygen atoms in total. The molecular weight excluding hydrogens is 422 g/mol. The lowest BCUT2D eigenvalue weighted by Gasteiger charge is -2.34. The van der Waals surface area contributed by atoms with Crippen molar-refractivity contribution in [1.29, 1.82) is 0 Å². The highest BCUT2D eigenvalue weighted by Gasteiger charge is 2.35. The van der Waals surface area contributed by atoms with Crippen LogP contribution in [0.1, 0.15) is 10.4 Å². The minimum atomic E-state index is -3.61. The number of ether oxygens (including phenoxy) is 2. The van der Waals surface area contributed by atoms with E-state index in [1.165, 1.54) is 0 Å². The van der Waals surface area contributed by atoms with Crippen LogP contribution in [0.2, 0.25) is 0 Å². The molecule has 1 unspecified atom stereocenters. The van der Waals surface area contributed by atoms with E-state index in [2.05, 4.69) is 5.32 Å². The number of rotatable bonds is 4. The molecule has 0 bridgehead atoms. The van der Waals surface area contributed by atoms with Gasteiger partial charge in [0.1, 0.15) is 5.75 Å². The van der Waals surface area contributed by atoms with Crippen molar-refractivity contribution in [2.45, 2.75) is 6.10 Å². The minimum Gasteiger partial charge on any atom is -0.476 e. The Balaban J connectivity index is 1.56. The quantitative estimate of drug-likeness (QED) is 0.761. The molecule has 1 saturated heterocycles. The molecule has 1 atom stereocenters. The van der Waals surface area contributed by atoms with Gasteiger partial charge in [-0.3, -0.25) is 13.9 Å². The molecule has 31 heavy (non-hydrogen) atoms. The van der Waals surface area contributed by atoms with Crippen molar-refractivity contribution in [2.24, 2.45) is 0 Å². The molecule has 0 aromatic heterocycles. The van der Waals surface area contributed by atoms with Gasteiger partial charge < -0.3 is 19.7 Å². The molecule has 10 heteroatoms. The van der Waals surface area contributed by atoms with Gasteiger partial charge in [-0.1, -0.05) is 24.3 Å². The number of sulfonamides is 1. The zero-order valence-electron chi connectivity index (χ0n) is 17.0. The van der Waals surface area contributed by atoms with Gasteiger partial charge in [0.25, 0.3) is 11.8 Å². The van der Waals surface area contributed by atoms with Crippen LogP contribution in [-0.4, -0.2) is 70.3 Å². The summed E-state index contributed by atoms with van der Waals surface area (Å²) in [7, 11) is -3.61. The average molecular weight is 445 g/mol. The Kier molecular flexibility index (Phi) is 5.84. The molecule has 1 N–H and O–H groups in total. The summed E-state index contributed by atoms with van der Waals surface area (Å²) in [5.41, 5.74) is 1.09. The Morgan fingerprint density at radius 1 is 1.03 bits per heavy atom. The second kappa shape index (κ2) is 8.56. The fraction of sp³-hybridized carbons (Fsp3) is 0.333. The van der Waals surface area contributed by atoms with Crippen LogP contribution in [0.3, 0.4) is 0 Å². The molecule has 2 amide bonds. The lowest BCUT2D eigenvalue weighted by molar-refractivity contribution is -0.122. The predicted molar refractivity (Wildman–Crippen MR) is 115 cm³/mol. The van der Waals surface area contributed by atoms with Crippen LogP contribution in [-0.2, 0) is 19.6 Å². The second-order valence-electron chi connectivity index (χ2n) is 7.31. The minimum absolute atomic E-state index is 0.165. The molecule has 164 valence electrons. The topological polar surface area (TPSA) is 105 Å². The highest BCUT2D eigenvalue weighted by molar-refractivity contribution is 7.92. The summed E-state index contributed by atoms with van der Waals surface area (Å²) >= 11 is 0. The molecule has 0 saturated carbocycles. The first-order valence-electron chi connectivity index (χ1n) is 9.85. The van der Waals surface area contributed by atoms with E-state index in [1.54, 1.807) is 53.4 Å². The van der Waals surface area contributed by atoms with Gasteiger partial charge in [0, 0.05) is 13.1 Å². The number of carbonyl (C=O) groups excluding carboxylic acids is 2. The van der Waals surface area contributed by atoms with Gasteiger partial charge in [-0.15, -0.1) is 0 Å². The Labute approximate surface area is 180 Å². The Hall–Kier alpha value is -3.11. The Morgan fingerprint density at radius 2 is 1.71 bits per heavy atom. The lowest BCUT2D eigenvalue weighted by atomic mass is 10.1. The molecule has 2 aliphatic heterocycles. The van der Waals surface area contributed by atoms with Crippen molar-refractivity contribution in [2.75, 3.05) is 48.7 Å². The molecule has 2 aromatic rings. The van der Waals surface area contributed by atoms with Gasteiger partial charge in [-0.05, 0) is 24.3 Å². The summed E-state index contributed by atoms with van der Waals surface area (Å²) < 4.78 is 36.8. The fourth-order valence-corrected chi connectivity index (χ4v) is 4.50. The number of amides is 2. The number of hydrogen-bond acceptors (Lipinski definition) is 6. The number of benzene rings is 2. The summed E-state index contributed by atoms with van der Waals surface area (Å²) in [6.45, 7) is 1.73. The average Bonchev–Trinajstić information content (AvgIpc) is 2.78. The van der Waals surface area contributed by atoms with Gasteiger partial charge in [0.2, 0.25) is 10.0 Å². The summed E-state index contributed by atoms with van der Waals surface area (Å²) in [5, 5.41) is 2.74. The Morgan fingerprint density at radius 3 is 2.45 bits per heavy atom. The number of anilines is 2. The third-order valence-electron chi connectivity index (χ3n) is 5.14. The van der Waals surface area contributed by atoms with Crippen LogP contribution in [0.25, 0.3) is 0 Å². The molecule has 4 rings (SSSR count). The summed E-state index contributed by atoms with van der Waals surface area (Å²) in [5.74, 6) is -0.436. The van der Waals surface area contributed by atoms with E-state index in [0.29, 0.717) is 49.0 Å². The van der Waals surface area contributed by atoms with E-state index >= 15 is 0 Å². The molecule has 2 aliphatic rings. The van der Waals surface area contributed by atoms with E-state index < -0.39 is 22.0 Å². The van der Waals surface area contributed by atoms with Crippen LogP contribution in [0.5, 0.6) is 5.75 Å². The maximum absolute atomic E-state index is 13.0. The Bertz CT molecular complexity index is 1100. The van der Waals surface area contributed by atoms with Crippen molar-refractivity contribution in [3.05, 3.63) is 54.1 Å². The van der Waals surface area contributed by atoms with Gasteiger partial charge in [0.05, 0.1) is 43.0 Å². The highest BCUT2D eigenvalue weighted by Crippen LogP contribution is 2.35. The van der Waals surface area contributed by atoms with Crippen LogP contribution < -0.4 is 14.4 Å². The molecule has 0 radical (unpaired) electrons. The van der Waals surface area contributed by atoms with Crippen molar-refractivity contribution < 1.29 is 27.5 Å². The third kappa shape index (κ3) is 4.49. The first-order chi connectivity index (χ1) is 14.8. The van der Waals surface area contributed by atoms with E-state index in [0.717, 1.165) is 10.6 Å². The van der Waals surface area contributed by atoms with E-state index in [4.69, 9.17) is 9.47 Å². The standard InChI is InChI=1S/C21H23N3O6S/c1-31(27,28)24-14-19(30-18-9-5-4-8-17(18)24)20(25)22-16-7-3-2-6-15(16)21(26)23-10-12-29-13-11-23/h2-9,19H,10-14H2,1H3,(H,22,25). The summed E-state index contributed by atoms with van der Waals surface area (Å²) in [6.07, 6.45) is 0.0107. The normalized spacial score (nSPS) is 18.7. The number of para-hydroxylation sites is 3. The zero-order chi connectivity index (χ0) is 22.0. The number of nitrogens with zero attached hydrogens (tertiary/aromatic N) is 2. The van der Waals surface area contributed by atoms with E-state index in [9.17, 15) is 18.0 Å². The number of morpholine rings is 1. The van der Waals surface area contributed by atoms with Crippen molar-refractivity contribution in [1.82, 2.24) is 4.90 Å². The summed E-state index contributed by atoms with van der Waals surface area (Å²) in [4.78, 5) is 27.6.